The fraction of sp³-hybridized carbons (Fsp3) is 0.939. The Balaban J connectivity index is 4.27. The summed E-state index contributed by atoms with van der Waals surface area (Å²) in [6.07, 6.45) is 40.9. The van der Waals surface area contributed by atoms with E-state index in [1.807, 2.05) is 0 Å². The molecule has 0 spiro atoms. The van der Waals surface area contributed by atoms with Crippen molar-refractivity contribution >= 4 is 17.9 Å². The summed E-state index contributed by atoms with van der Waals surface area (Å²) in [7, 11) is 0. The minimum absolute atomic E-state index is 0.0647. The molecule has 6 heteroatoms. The van der Waals surface area contributed by atoms with Gasteiger partial charge in [0.05, 0.1) is 0 Å². The Kier molecular flexibility index (Phi) is 40.8. The highest BCUT2D eigenvalue weighted by molar-refractivity contribution is 5.71. The molecule has 0 saturated heterocycles. The van der Waals surface area contributed by atoms with Crippen molar-refractivity contribution in [2.45, 2.75) is 272 Å². The molecule has 1 atom stereocenters. The van der Waals surface area contributed by atoms with Crippen LogP contribution >= 0.6 is 0 Å². The third-order valence-corrected chi connectivity index (χ3v) is 11.0. The maximum Gasteiger partial charge on any atom is 0.306 e. The summed E-state index contributed by atoms with van der Waals surface area (Å²) in [4.78, 5) is 37.7. The zero-order valence-electron chi connectivity index (χ0n) is 37.6. The van der Waals surface area contributed by atoms with Crippen LogP contribution in [0.15, 0.2) is 0 Å². The third kappa shape index (κ3) is 43.4. The van der Waals surface area contributed by atoms with Gasteiger partial charge >= 0.3 is 17.9 Å². The van der Waals surface area contributed by atoms with E-state index in [4.69, 9.17) is 14.2 Å². The van der Waals surface area contributed by atoms with Crippen LogP contribution in [0.2, 0.25) is 0 Å². The lowest BCUT2D eigenvalue weighted by molar-refractivity contribution is -0.167. The molecule has 0 aromatic carbocycles. The molecule has 0 fully saturated rings. The molecule has 55 heavy (non-hydrogen) atoms. The molecule has 0 heterocycles. The van der Waals surface area contributed by atoms with Crippen molar-refractivity contribution in [3.8, 4) is 0 Å². The van der Waals surface area contributed by atoms with Crippen LogP contribution in [0.5, 0.6) is 0 Å². The van der Waals surface area contributed by atoms with Crippen LogP contribution in [0.25, 0.3) is 0 Å². The topological polar surface area (TPSA) is 78.9 Å². The normalized spacial score (nSPS) is 12.1. The molecule has 326 valence electrons. The van der Waals surface area contributed by atoms with Crippen molar-refractivity contribution in [1.82, 2.24) is 0 Å². The first-order chi connectivity index (χ1) is 26.7. The monoisotopic (exact) mass is 779 g/mol. The molecule has 0 radical (unpaired) electrons. The molecule has 0 aromatic heterocycles. The maximum absolute atomic E-state index is 12.7. The number of hydrogen-bond donors (Lipinski definition) is 0. The molecule has 0 aliphatic heterocycles. The van der Waals surface area contributed by atoms with E-state index >= 15 is 0 Å². The molecule has 0 aliphatic rings. The van der Waals surface area contributed by atoms with Crippen molar-refractivity contribution in [2.24, 2.45) is 11.8 Å². The molecular formula is C49H94O6. The SMILES string of the molecule is CCCCCCCCCCCC(=O)OC[C@@H](COC(=O)CCCCCCCCCCC(C)C)OC(=O)CCCCCCCCCCCCCCCCC(C)C. The summed E-state index contributed by atoms with van der Waals surface area (Å²) in [5, 5.41) is 0. The van der Waals surface area contributed by atoms with E-state index in [-0.39, 0.29) is 31.1 Å². The van der Waals surface area contributed by atoms with Crippen LogP contribution in [0.4, 0.5) is 0 Å². The predicted molar refractivity (Wildman–Crippen MR) is 233 cm³/mol. The summed E-state index contributed by atoms with van der Waals surface area (Å²) < 4.78 is 16.7. The van der Waals surface area contributed by atoms with Gasteiger partial charge in [0.25, 0.3) is 0 Å². The molecule has 0 rings (SSSR count). The third-order valence-electron chi connectivity index (χ3n) is 11.0. The highest BCUT2D eigenvalue weighted by Crippen LogP contribution is 2.17. The Hall–Kier alpha value is -1.59. The Morgan fingerprint density at radius 3 is 0.891 bits per heavy atom. The number of unbranched alkanes of at least 4 members (excludes halogenated alkanes) is 28. The first-order valence-corrected chi connectivity index (χ1v) is 24.2. The van der Waals surface area contributed by atoms with E-state index in [9.17, 15) is 14.4 Å². The van der Waals surface area contributed by atoms with Gasteiger partial charge in [0, 0.05) is 19.3 Å². The minimum Gasteiger partial charge on any atom is -0.462 e. The molecule has 0 N–H and O–H groups in total. The Bertz CT molecular complexity index is 839. The first-order valence-electron chi connectivity index (χ1n) is 24.2. The van der Waals surface area contributed by atoms with Crippen molar-refractivity contribution in [3.05, 3.63) is 0 Å². The van der Waals surface area contributed by atoms with Crippen LogP contribution in [0, 0.1) is 11.8 Å². The average Bonchev–Trinajstić information content (AvgIpc) is 3.15. The molecule has 0 unspecified atom stereocenters. The van der Waals surface area contributed by atoms with Crippen LogP contribution in [0.3, 0.4) is 0 Å². The fourth-order valence-corrected chi connectivity index (χ4v) is 7.28. The Morgan fingerprint density at radius 1 is 0.345 bits per heavy atom. The Morgan fingerprint density at radius 2 is 0.600 bits per heavy atom. The zero-order chi connectivity index (χ0) is 40.5. The lowest BCUT2D eigenvalue weighted by Gasteiger charge is -2.18. The summed E-state index contributed by atoms with van der Waals surface area (Å²) in [5.74, 6) is 0.783. The van der Waals surface area contributed by atoms with Crippen LogP contribution in [0.1, 0.15) is 266 Å². The number of esters is 3. The smallest absolute Gasteiger partial charge is 0.306 e. The van der Waals surface area contributed by atoms with E-state index in [2.05, 4.69) is 34.6 Å². The van der Waals surface area contributed by atoms with E-state index in [1.54, 1.807) is 0 Å². The predicted octanol–water partition coefficient (Wildman–Crippen LogP) is 15.4. The largest absolute Gasteiger partial charge is 0.462 e. The van der Waals surface area contributed by atoms with E-state index < -0.39 is 6.10 Å². The molecule has 0 bridgehead atoms. The van der Waals surface area contributed by atoms with E-state index in [1.165, 1.54) is 154 Å². The van der Waals surface area contributed by atoms with Crippen LogP contribution in [-0.2, 0) is 28.6 Å². The number of hydrogen-bond acceptors (Lipinski definition) is 6. The van der Waals surface area contributed by atoms with Gasteiger partial charge in [-0.1, -0.05) is 227 Å². The van der Waals surface area contributed by atoms with Gasteiger partial charge < -0.3 is 14.2 Å². The van der Waals surface area contributed by atoms with Crippen molar-refractivity contribution in [3.63, 3.8) is 0 Å². The highest BCUT2D eigenvalue weighted by Gasteiger charge is 2.19. The second kappa shape index (κ2) is 42.0. The van der Waals surface area contributed by atoms with Gasteiger partial charge in [0.1, 0.15) is 13.2 Å². The summed E-state index contributed by atoms with van der Waals surface area (Å²) in [6.45, 7) is 11.3. The first kappa shape index (κ1) is 53.4. The zero-order valence-corrected chi connectivity index (χ0v) is 37.6. The number of rotatable bonds is 43. The Labute approximate surface area is 342 Å². The molecule has 0 amide bonds. The maximum atomic E-state index is 12.7. The van der Waals surface area contributed by atoms with Crippen molar-refractivity contribution in [2.75, 3.05) is 13.2 Å². The van der Waals surface area contributed by atoms with E-state index in [0.717, 1.165) is 69.6 Å². The van der Waals surface area contributed by atoms with Gasteiger partial charge in [-0.25, -0.2) is 0 Å². The summed E-state index contributed by atoms with van der Waals surface area (Å²) >= 11 is 0. The quantitative estimate of drug-likeness (QED) is 0.0348. The van der Waals surface area contributed by atoms with Crippen molar-refractivity contribution in [1.29, 1.82) is 0 Å². The van der Waals surface area contributed by atoms with Gasteiger partial charge in [0.15, 0.2) is 6.10 Å². The van der Waals surface area contributed by atoms with Crippen LogP contribution in [-0.4, -0.2) is 37.2 Å². The second-order valence-electron chi connectivity index (χ2n) is 17.7. The average molecular weight is 779 g/mol. The lowest BCUT2D eigenvalue weighted by atomic mass is 10.0. The van der Waals surface area contributed by atoms with Gasteiger partial charge in [-0.15, -0.1) is 0 Å². The van der Waals surface area contributed by atoms with Gasteiger partial charge in [-0.2, -0.15) is 0 Å². The standard InChI is InChI=1S/C49H94O6/c1-6-7-8-9-10-17-24-29-34-39-47(50)53-42-46(43-54-48(51)40-35-30-25-21-20-23-28-33-38-45(4)5)55-49(52)41-36-31-26-19-16-14-12-11-13-15-18-22-27-32-37-44(2)3/h44-46H,6-43H2,1-5H3/t46-/m0/s1. The number of carbonyl (C=O) groups excluding carboxylic acids is 3. The summed E-state index contributed by atoms with van der Waals surface area (Å²) in [5.41, 5.74) is 0. The molecular weight excluding hydrogens is 685 g/mol. The second-order valence-corrected chi connectivity index (χ2v) is 17.7. The molecule has 6 nitrogen and oxygen atoms in total. The molecule has 0 aliphatic carbocycles. The summed E-state index contributed by atoms with van der Waals surface area (Å²) in [6, 6.07) is 0. The van der Waals surface area contributed by atoms with Gasteiger partial charge in [-0.05, 0) is 31.1 Å². The van der Waals surface area contributed by atoms with Crippen molar-refractivity contribution < 1.29 is 28.6 Å². The fourth-order valence-electron chi connectivity index (χ4n) is 7.28. The molecule has 0 saturated carbocycles. The number of carbonyl (C=O) groups is 3. The van der Waals surface area contributed by atoms with E-state index in [0.29, 0.717) is 19.3 Å². The minimum atomic E-state index is -0.760. The van der Waals surface area contributed by atoms with Crippen LogP contribution < -0.4 is 0 Å². The highest BCUT2D eigenvalue weighted by atomic mass is 16.6. The van der Waals surface area contributed by atoms with Gasteiger partial charge in [-0.3, -0.25) is 14.4 Å². The van der Waals surface area contributed by atoms with Gasteiger partial charge in [0.2, 0.25) is 0 Å². The number of ether oxygens (including phenoxy) is 3. The lowest BCUT2D eigenvalue weighted by Crippen LogP contribution is -2.30. The molecule has 0 aromatic rings.